The fourth-order valence-corrected chi connectivity index (χ4v) is 4.21. The van der Waals surface area contributed by atoms with Gasteiger partial charge in [-0.2, -0.15) is 0 Å². The van der Waals surface area contributed by atoms with E-state index in [2.05, 4.69) is 31.2 Å². The van der Waals surface area contributed by atoms with Gasteiger partial charge in [-0.1, -0.05) is 32.4 Å². The average molecular weight is 315 g/mol. The standard InChI is InChI=1S/C20H29NO2/c1-3-5-16-6-8-17(9-7-16)21-15-14-19(18(21)22)10-12-20(23,4-2)13-11-19/h6-9,23H,3-5,10-15H2,1-2H3. The first-order chi connectivity index (χ1) is 11.0. The van der Waals surface area contributed by atoms with E-state index < -0.39 is 5.60 Å². The van der Waals surface area contributed by atoms with Gasteiger partial charge in [0.15, 0.2) is 0 Å². The fraction of sp³-hybridized carbons (Fsp3) is 0.650. The zero-order valence-electron chi connectivity index (χ0n) is 14.5. The third-order valence-corrected chi connectivity index (χ3v) is 6.10. The van der Waals surface area contributed by atoms with E-state index in [0.29, 0.717) is 0 Å². The highest BCUT2D eigenvalue weighted by Crippen LogP contribution is 2.49. The van der Waals surface area contributed by atoms with Crippen LogP contribution in [0.15, 0.2) is 24.3 Å². The van der Waals surface area contributed by atoms with Gasteiger partial charge in [-0.25, -0.2) is 0 Å². The molecule has 1 aliphatic heterocycles. The van der Waals surface area contributed by atoms with Crippen molar-refractivity contribution >= 4 is 11.6 Å². The van der Waals surface area contributed by atoms with Crippen molar-refractivity contribution in [3.63, 3.8) is 0 Å². The zero-order chi connectivity index (χ0) is 16.5. The number of carbonyl (C=O) groups is 1. The van der Waals surface area contributed by atoms with Crippen molar-refractivity contribution in [2.24, 2.45) is 5.41 Å². The van der Waals surface area contributed by atoms with Crippen molar-refractivity contribution in [2.75, 3.05) is 11.4 Å². The highest BCUT2D eigenvalue weighted by molar-refractivity contribution is 6.00. The molecule has 3 nitrogen and oxygen atoms in total. The zero-order valence-corrected chi connectivity index (χ0v) is 14.5. The number of aryl methyl sites for hydroxylation is 1. The van der Waals surface area contributed by atoms with Gasteiger partial charge in [0.1, 0.15) is 0 Å². The molecular formula is C20H29NO2. The van der Waals surface area contributed by atoms with Crippen molar-refractivity contribution in [2.45, 2.75) is 70.8 Å². The van der Waals surface area contributed by atoms with Crippen molar-refractivity contribution in [3.8, 4) is 0 Å². The van der Waals surface area contributed by atoms with Crippen LogP contribution in [0.5, 0.6) is 0 Å². The normalized spacial score (nSPS) is 31.1. The lowest BCUT2D eigenvalue weighted by Crippen LogP contribution is -2.43. The van der Waals surface area contributed by atoms with Gasteiger partial charge in [-0.05, 0) is 62.6 Å². The van der Waals surface area contributed by atoms with Crippen molar-refractivity contribution in [1.82, 2.24) is 0 Å². The molecule has 1 aliphatic carbocycles. The molecule has 0 radical (unpaired) electrons. The summed E-state index contributed by atoms with van der Waals surface area (Å²) >= 11 is 0. The van der Waals surface area contributed by atoms with Gasteiger partial charge in [0, 0.05) is 12.2 Å². The number of anilines is 1. The summed E-state index contributed by atoms with van der Waals surface area (Å²) in [5.74, 6) is 0.277. The van der Waals surface area contributed by atoms with Gasteiger partial charge in [-0.3, -0.25) is 4.79 Å². The van der Waals surface area contributed by atoms with Crippen LogP contribution in [0.1, 0.15) is 64.4 Å². The predicted octanol–water partition coefficient (Wildman–Crippen LogP) is 4.08. The molecule has 2 aliphatic rings. The fourth-order valence-electron chi connectivity index (χ4n) is 4.21. The Hall–Kier alpha value is -1.35. The molecule has 23 heavy (non-hydrogen) atoms. The summed E-state index contributed by atoms with van der Waals surface area (Å²) in [6.45, 7) is 5.04. The monoisotopic (exact) mass is 315 g/mol. The predicted molar refractivity (Wildman–Crippen MR) is 93.5 cm³/mol. The lowest BCUT2D eigenvalue weighted by Gasteiger charge is -2.40. The van der Waals surface area contributed by atoms with E-state index in [9.17, 15) is 9.90 Å². The van der Waals surface area contributed by atoms with Crippen LogP contribution in [0, 0.1) is 5.41 Å². The van der Waals surface area contributed by atoms with Crippen LogP contribution in [0.2, 0.25) is 0 Å². The molecule has 2 fully saturated rings. The maximum absolute atomic E-state index is 13.0. The molecular weight excluding hydrogens is 286 g/mol. The highest BCUT2D eigenvalue weighted by atomic mass is 16.3. The molecule has 0 aromatic heterocycles. The Morgan fingerprint density at radius 3 is 2.26 bits per heavy atom. The minimum atomic E-state index is -0.541. The van der Waals surface area contributed by atoms with Crippen molar-refractivity contribution in [1.29, 1.82) is 0 Å². The van der Waals surface area contributed by atoms with Gasteiger partial charge in [-0.15, -0.1) is 0 Å². The summed E-state index contributed by atoms with van der Waals surface area (Å²) in [5.41, 5.74) is 1.61. The van der Waals surface area contributed by atoms with Gasteiger partial charge in [0.05, 0.1) is 11.0 Å². The van der Waals surface area contributed by atoms with E-state index in [0.717, 1.165) is 63.6 Å². The molecule has 1 amide bonds. The summed E-state index contributed by atoms with van der Waals surface area (Å²) in [6.07, 6.45) is 7.15. The Morgan fingerprint density at radius 2 is 1.70 bits per heavy atom. The van der Waals surface area contributed by atoms with Crippen LogP contribution in [-0.4, -0.2) is 23.2 Å². The van der Waals surface area contributed by atoms with Crippen LogP contribution >= 0.6 is 0 Å². The Labute approximate surface area is 139 Å². The number of rotatable bonds is 4. The third kappa shape index (κ3) is 3.03. The van der Waals surface area contributed by atoms with Crippen LogP contribution in [-0.2, 0) is 11.2 Å². The second-order valence-electron chi connectivity index (χ2n) is 7.48. The maximum atomic E-state index is 13.0. The molecule has 1 saturated heterocycles. The number of hydrogen-bond donors (Lipinski definition) is 1. The molecule has 1 heterocycles. The molecule has 1 N–H and O–H groups in total. The van der Waals surface area contributed by atoms with E-state index in [1.807, 2.05) is 11.8 Å². The van der Waals surface area contributed by atoms with Crippen LogP contribution in [0.3, 0.4) is 0 Å². The molecule has 3 heteroatoms. The Bertz CT molecular complexity index is 556. The van der Waals surface area contributed by atoms with E-state index in [-0.39, 0.29) is 11.3 Å². The quantitative estimate of drug-likeness (QED) is 0.909. The third-order valence-electron chi connectivity index (χ3n) is 6.10. The van der Waals surface area contributed by atoms with Crippen LogP contribution < -0.4 is 4.90 Å². The molecule has 0 unspecified atom stereocenters. The lowest BCUT2D eigenvalue weighted by atomic mass is 9.67. The molecule has 0 atom stereocenters. The second kappa shape index (κ2) is 6.27. The lowest BCUT2D eigenvalue weighted by molar-refractivity contribution is -0.130. The Balaban J connectivity index is 1.72. The van der Waals surface area contributed by atoms with Crippen molar-refractivity contribution < 1.29 is 9.90 Å². The van der Waals surface area contributed by atoms with E-state index in [4.69, 9.17) is 0 Å². The SMILES string of the molecule is CCCc1ccc(N2CCC3(CCC(O)(CC)CC3)C2=O)cc1. The molecule has 1 aromatic carbocycles. The minimum Gasteiger partial charge on any atom is -0.390 e. The molecule has 1 spiro atoms. The first-order valence-corrected chi connectivity index (χ1v) is 9.15. The van der Waals surface area contributed by atoms with E-state index in [1.54, 1.807) is 0 Å². The van der Waals surface area contributed by atoms with Crippen LogP contribution in [0.25, 0.3) is 0 Å². The molecule has 1 saturated carbocycles. The highest BCUT2D eigenvalue weighted by Gasteiger charge is 2.51. The van der Waals surface area contributed by atoms with Gasteiger partial charge in [0.2, 0.25) is 5.91 Å². The number of hydrogen-bond acceptors (Lipinski definition) is 2. The van der Waals surface area contributed by atoms with E-state index >= 15 is 0 Å². The Morgan fingerprint density at radius 1 is 1.04 bits per heavy atom. The first kappa shape index (κ1) is 16.5. The minimum absolute atomic E-state index is 0.219. The number of amides is 1. The number of aliphatic hydroxyl groups is 1. The summed E-state index contributed by atoms with van der Waals surface area (Å²) in [7, 11) is 0. The topological polar surface area (TPSA) is 40.5 Å². The summed E-state index contributed by atoms with van der Waals surface area (Å²) < 4.78 is 0. The smallest absolute Gasteiger partial charge is 0.233 e. The number of carbonyl (C=O) groups excluding carboxylic acids is 1. The molecule has 3 rings (SSSR count). The van der Waals surface area contributed by atoms with Gasteiger partial charge >= 0.3 is 0 Å². The number of nitrogens with zero attached hydrogens (tertiary/aromatic N) is 1. The summed E-state index contributed by atoms with van der Waals surface area (Å²) in [6, 6.07) is 8.47. The second-order valence-corrected chi connectivity index (χ2v) is 7.48. The van der Waals surface area contributed by atoms with E-state index in [1.165, 1.54) is 5.56 Å². The van der Waals surface area contributed by atoms with Gasteiger partial charge < -0.3 is 10.0 Å². The summed E-state index contributed by atoms with van der Waals surface area (Å²) in [5, 5.41) is 10.4. The molecule has 0 bridgehead atoms. The Kier molecular flexibility index (Phi) is 4.50. The average Bonchev–Trinajstić information content (AvgIpc) is 2.89. The number of benzene rings is 1. The van der Waals surface area contributed by atoms with Crippen molar-refractivity contribution in [3.05, 3.63) is 29.8 Å². The maximum Gasteiger partial charge on any atom is 0.233 e. The largest absolute Gasteiger partial charge is 0.390 e. The molecule has 1 aromatic rings. The first-order valence-electron chi connectivity index (χ1n) is 9.15. The van der Waals surface area contributed by atoms with Crippen LogP contribution in [0.4, 0.5) is 5.69 Å². The molecule has 126 valence electrons. The summed E-state index contributed by atoms with van der Waals surface area (Å²) in [4.78, 5) is 15.0. The van der Waals surface area contributed by atoms with Gasteiger partial charge in [0.25, 0.3) is 0 Å².